The summed E-state index contributed by atoms with van der Waals surface area (Å²) in [5, 5.41) is 4.51. The van der Waals surface area contributed by atoms with E-state index >= 15 is 0 Å². The summed E-state index contributed by atoms with van der Waals surface area (Å²) < 4.78 is 0. The van der Waals surface area contributed by atoms with Gasteiger partial charge in [0.2, 0.25) is 0 Å². The van der Waals surface area contributed by atoms with Gasteiger partial charge in [-0.05, 0) is 14.1 Å². The smallest absolute Gasteiger partial charge is 0.134 e. The zero-order valence-electron chi connectivity index (χ0n) is 16.7. The molecule has 8 nitrogen and oxygen atoms in total. The topological polar surface area (TPSA) is 73.3 Å². The van der Waals surface area contributed by atoms with Crippen LogP contribution in [0.3, 0.4) is 0 Å². The fourth-order valence-corrected chi connectivity index (χ4v) is 3.11. The van der Waals surface area contributed by atoms with Crippen LogP contribution in [0.25, 0.3) is 0 Å². The number of nitrogens with one attached hydrogen (secondary N) is 1. The van der Waals surface area contributed by atoms with E-state index in [9.17, 15) is 0 Å². The van der Waals surface area contributed by atoms with Crippen molar-refractivity contribution in [1.82, 2.24) is 35.1 Å². The molecule has 2 aromatic rings. The van der Waals surface area contributed by atoms with Crippen molar-refractivity contribution in [3.05, 3.63) is 40.2 Å². The molecule has 0 aromatic carbocycles. The Kier molecular flexibility index (Phi) is 10.8. The molecule has 4 rings (SSSR count). The first-order valence-corrected chi connectivity index (χ1v) is 10.5. The molecule has 2 aliphatic rings. The van der Waals surface area contributed by atoms with Crippen LogP contribution in [0.4, 0.5) is 5.82 Å². The fraction of sp³-hybridized carbons (Fsp3) is 0.556. The number of hydrogen-bond acceptors (Lipinski definition) is 8. The van der Waals surface area contributed by atoms with E-state index < -0.39 is 0 Å². The Balaban J connectivity index is 0.000000170. The number of aromatic nitrogens is 4. The lowest BCUT2D eigenvalue weighted by Gasteiger charge is -2.33. The molecule has 2 aromatic heterocycles. The van der Waals surface area contributed by atoms with Crippen molar-refractivity contribution in [1.29, 1.82) is 0 Å². The van der Waals surface area contributed by atoms with Gasteiger partial charge in [-0.15, -0.1) is 0 Å². The molecule has 1 N–H and O–H groups in total. The quantitative estimate of drug-likeness (QED) is 0.648. The van der Waals surface area contributed by atoms with Gasteiger partial charge in [0.15, 0.2) is 0 Å². The number of halogens is 3. The van der Waals surface area contributed by atoms with E-state index in [0.717, 1.165) is 45.1 Å². The summed E-state index contributed by atoms with van der Waals surface area (Å²) in [5.74, 6) is 0.929. The summed E-state index contributed by atoms with van der Waals surface area (Å²) in [7, 11) is 4.28. The summed E-state index contributed by atoms with van der Waals surface area (Å²) in [5.41, 5.74) is 0. The average molecular weight is 462 g/mol. The highest BCUT2D eigenvalue weighted by atomic mass is 35.5. The lowest BCUT2D eigenvalue weighted by Crippen LogP contribution is -2.44. The molecule has 2 aliphatic heterocycles. The second-order valence-electron chi connectivity index (χ2n) is 6.71. The molecule has 0 radical (unpaired) electrons. The van der Waals surface area contributed by atoms with Crippen LogP contribution in [0, 0.1) is 0 Å². The molecule has 0 unspecified atom stereocenters. The van der Waals surface area contributed by atoms with E-state index in [1.165, 1.54) is 31.8 Å². The third-order valence-corrected chi connectivity index (χ3v) is 5.01. The predicted molar refractivity (Wildman–Crippen MR) is 119 cm³/mol. The molecule has 0 amide bonds. The van der Waals surface area contributed by atoms with Gasteiger partial charge < -0.3 is 20.0 Å². The maximum absolute atomic E-state index is 5.80. The molecule has 2 fully saturated rings. The van der Waals surface area contributed by atoms with Crippen molar-refractivity contribution in [3.8, 4) is 0 Å². The highest BCUT2D eigenvalue weighted by Crippen LogP contribution is 2.15. The van der Waals surface area contributed by atoms with Crippen LogP contribution >= 0.6 is 34.8 Å². The summed E-state index contributed by atoms with van der Waals surface area (Å²) in [4.78, 5) is 22.2. The Morgan fingerprint density at radius 3 is 1.59 bits per heavy atom. The normalized spacial score (nSPS) is 17.6. The highest BCUT2D eigenvalue weighted by Gasteiger charge is 2.15. The van der Waals surface area contributed by atoms with Gasteiger partial charge in [-0.1, -0.05) is 34.8 Å². The number of hydrogen-bond donors (Lipinski definition) is 1. The first-order chi connectivity index (χ1) is 13.9. The molecular weight excluding hydrogens is 435 g/mol. The Hall–Kier alpha value is -1.29. The monoisotopic (exact) mass is 460 g/mol. The lowest BCUT2D eigenvalue weighted by molar-refractivity contribution is 0.291. The summed E-state index contributed by atoms with van der Waals surface area (Å²) in [6.45, 7) is 8.89. The molecular formula is C18H27Cl3N8. The molecule has 0 spiro atoms. The largest absolute Gasteiger partial charge is 0.354 e. The van der Waals surface area contributed by atoms with Crippen molar-refractivity contribution in [2.75, 3.05) is 71.4 Å². The standard InChI is InChI=1S/C9H13ClN4.C5H12N2.C4H2Cl2N2/c1-13-2-4-14(5-3-13)9-6-8(10)11-7-12-9;1-7-4-2-6-3-5-7;5-3-1-4(6)8-2-7-3/h6-7H,2-5H2,1H3;6H,2-5H2,1H3;1-2H. The zero-order chi connectivity index (χ0) is 21.1. The third-order valence-electron chi connectivity index (χ3n) is 4.39. The second-order valence-corrected chi connectivity index (χ2v) is 7.87. The van der Waals surface area contributed by atoms with E-state index in [4.69, 9.17) is 34.8 Å². The molecule has 0 atom stereocenters. The van der Waals surface area contributed by atoms with E-state index in [0.29, 0.717) is 15.5 Å². The SMILES string of the molecule is CN1CCN(c2cc(Cl)ncn2)CC1.CN1CCNCC1.Clc1cc(Cl)ncn1. The van der Waals surface area contributed by atoms with Crippen LogP contribution in [0.5, 0.6) is 0 Å². The van der Waals surface area contributed by atoms with Crippen molar-refractivity contribution < 1.29 is 0 Å². The average Bonchev–Trinajstić information content (AvgIpc) is 2.70. The lowest BCUT2D eigenvalue weighted by atomic mass is 10.3. The Labute approximate surface area is 187 Å². The van der Waals surface area contributed by atoms with E-state index in [2.05, 4.69) is 54.0 Å². The van der Waals surface area contributed by atoms with E-state index in [1.54, 1.807) is 0 Å². The van der Waals surface area contributed by atoms with Crippen LogP contribution in [0.1, 0.15) is 0 Å². The molecule has 160 valence electrons. The molecule has 29 heavy (non-hydrogen) atoms. The molecule has 2 saturated heterocycles. The second kappa shape index (κ2) is 13.1. The highest BCUT2D eigenvalue weighted by molar-refractivity contribution is 6.33. The summed E-state index contributed by atoms with van der Waals surface area (Å²) >= 11 is 16.6. The minimum absolute atomic E-state index is 0.366. The van der Waals surface area contributed by atoms with Gasteiger partial charge in [0.05, 0.1) is 0 Å². The Morgan fingerprint density at radius 1 is 0.690 bits per heavy atom. The van der Waals surface area contributed by atoms with Crippen molar-refractivity contribution >= 4 is 40.6 Å². The van der Waals surface area contributed by atoms with Crippen molar-refractivity contribution in [3.63, 3.8) is 0 Å². The van der Waals surface area contributed by atoms with Crippen LogP contribution in [0.2, 0.25) is 15.5 Å². The van der Waals surface area contributed by atoms with Crippen LogP contribution in [0.15, 0.2) is 24.8 Å². The van der Waals surface area contributed by atoms with Crippen LogP contribution in [-0.2, 0) is 0 Å². The molecule has 4 heterocycles. The number of piperazine rings is 2. The van der Waals surface area contributed by atoms with Gasteiger partial charge >= 0.3 is 0 Å². The third kappa shape index (κ3) is 9.84. The maximum atomic E-state index is 5.80. The van der Waals surface area contributed by atoms with Gasteiger partial charge in [-0.25, -0.2) is 19.9 Å². The molecule has 0 aliphatic carbocycles. The predicted octanol–water partition coefficient (Wildman–Crippen LogP) is 2.19. The Bertz CT molecular complexity index is 705. The minimum Gasteiger partial charge on any atom is -0.354 e. The number of anilines is 1. The summed E-state index contributed by atoms with van der Waals surface area (Å²) in [6, 6.07) is 3.29. The van der Waals surface area contributed by atoms with Crippen molar-refractivity contribution in [2.24, 2.45) is 0 Å². The summed E-state index contributed by atoms with van der Waals surface area (Å²) in [6.07, 6.45) is 2.82. The number of nitrogens with zero attached hydrogens (tertiary/aromatic N) is 7. The van der Waals surface area contributed by atoms with Gasteiger partial charge in [0.25, 0.3) is 0 Å². The van der Waals surface area contributed by atoms with Gasteiger partial charge in [0, 0.05) is 64.5 Å². The first kappa shape index (κ1) is 24.0. The first-order valence-electron chi connectivity index (χ1n) is 9.37. The number of rotatable bonds is 1. The zero-order valence-corrected chi connectivity index (χ0v) is 19.0. The van der Waals surface area contributed by atoms with Gasteiger partial charge in [-0.3, -0.25) is 0 Å². The van der Waals surface area contributed by atoms with Crippen molar-refractivity contribution in [2.45, 2.75) is 0 Å². The van der Waals surface area contributed by atoms with Gasteiger partial charge in [-0.2, -0.15) is 0 Å². The van der Waals surface area contributed by atoms with Gasteiger partial charge in [0.1, 0.15) is 33.9 Å². The fourth-order valence-electron chi connectivity index (χ4n) is 2.62. The number of likely N-dealkylation sites (N-methyl/N-ethyl adjacent to an activating group) is 2. The van der Waals surface area contributed by atoms with Crippen LogP contribution in [-0.4, -0.2) is 96.2 Å². The minimum atomic E-state index is 0.366. The maximum Gasteiger partial charge on any atom is 0.134 e. The van der Waals surface area contributed by atoms with E-state index in [1.807, 2.05) is 6.07 Å². The Morgan fingerprint density at radius 2 is 1.17 bits per heavy atom. The van der Waals surface area contributed by atoms with Crippen LogP contribution < -0.4 is 10.2 Å². The molecule has 0 saturated carbocycles. The molecule has 0 bridgehead atoms. The van der Waals surface area contributed by atoms with E-state index in [-0.39, 0.29) is 0 Å². The molecule has 11 heteroatoms.